The molecule has 5 N–H and O–H groups in total. The minimum Gasteiger partial charge on any atom is -0.349 e. The fraction of sp³-hybridized carbons (Fsp3) is 0.194. The number of amides is 3. The molecule has 11 heteroatoms. The number of nitrogens with two attached hydrogens (primary N) is 1. The Morgan fingerprint density at radius 2 is 1.29 bits per heavy atom. The van der Waals surface area contributed by atoms with Crippen LogP contribution in [0.2, 0.25) is 0 Å². The number of aryl methyl sites for hydroxylation is 2. The fourth-order valence-corrected chi connectivity index (χ4v) is 5.31. The smallest absolute Gasteiger partial charge is 0.292 e. The number of carbonyl (C=O) groups excluding carboxylic acids is 3. The summed E-state index contributed by atoms with van der Waals surface area (Å²) in [5.41, 5.74) is 6.00. The molecule has 4 aromatic carbocycles. The van der Waals surface area contributed by atoms with Crippen LogP contribution in [0.15, 0.2) is 67.0 Å². The first-order valence-corrected chi connectivity index (χ1v) is 13.7. The second-order valence-corrected chi connectivity index (χ2v) is 10.3. The van der Waals surface area contributed by atoms with Gasteiger partial charge in [-0.25, -0.2) is 9.97 Å². The van der Waals surface area contributed by atoms with Gasteiger partial charge < -0.3 is 30.8 Å². The molecule has 0 atom stereocenters. The van der Waals surface area contributed by atoms with Crippen LogP contribution in [0.25, 0.3) is 32.3 Å². The quantitative estimate of drug-likeness (QED) is 0.154. The summed E-state index contributed by atoms with van der Waals surface area (Å²) in [6.07, 6.45) is 4.70. The van der Waals surface area contributed by atoms with E-state index < -0.39 is 5.91 Å². The summed E-state index contributed by atoms with van der Waals surface area (Å²) >= 11 is 0. The maximum Gasteiger partial charge on any atom is 0.292 e. The Bertz CT molecular complexity index is 1960. The molecule has 0 aliphatic heterocycles. The zero-order valence-electron chi connectivity index (χ0n) is 23.3. The Hall–Kier alpha value is -5.29. The molecule has 6 aromatic rings. The maximum absolute atomic E-state index is 13.4. The second kappa shape index (κ2) is 10.9. The molecule has 0 saturated heterocycles. The van der Waals surface area contributed by atoms with Crippen molar-refractivity contribution in [1.29, 1.82) is 0 Å². The van der Waals surface area contributed by atoms with Gasteiger partial charge in [0.05, 0.1) is 0 Å². The van der Waals surface area contributed by atoms with Crippen LogP contribution in [0.4, 0.5) is 11.6 Å². The van der Waals surface area contributed by atoms with E-state index >= 15 is 0 Å². The van der Waals surface area contributed by atoms with Crippen molar-refractivity contribution in [3.8, 4) is 0 Å². The number of nitrogens with one attached hydrogen (secondary N) is 3. The molecule has 2 heterocycles. The van der Waals surface area contributed by atoms with Gasteiger partial charge in [0, 0.05) is 38.6 Å². The third-order valence-electron chi connectivity index (χ3n) is 7.33. The lowest BCUT2D eigenvalue weighted by atomic mass is 9.92. The number of hydrogen-bond acceptors (Lipinski definition) is 6. The molecular formula is C31H30N8O3. The monoisotopic (exact) mass is 562 g/mol. The number of carbonyl (C=O) groups is 3. The predicted octanol–water partition coefficient (Wildman–Crippen LogP) is 4.02. The maximum atomic E-state index is 13.4. The topological polar surface area (TPSA) is 149 Å². The number of unbranched alkanes of at least 4 members (excludes halogenated alkanes) is 1. The van der Waals surface area contributed by atoms with Crippen LogP contribution in [0.5, 0.6) is 0 Å². The molecule has 0 radical (unpaired) electrons. The SMILES string of the molecule is Cn1cc(NC(=O)c2nc(NC(=O)c3ccc4ccc5cccc6ccc3c4c56)cn2C)nc1C(=O)NCCCCN. The number of hydrogen-bond donors (Lipinski definition) is 4. The molecule has 11 nitrogen and oxygen atoms in total. The van der Waals surface area contributed by atoms with Crippen LogP contribution in [0, 0.1) is 0 Å². The molecule has 6 rings (SSSR count). The van der Waals surface area contributed by atoms with Gasteiger partial charge in [0.1, 0.15) is 0 Å². The highest BCUT2D eigenvalue weighted by Crippen LogP contribution is 2.36. The number of anilines is 2. The van der Waals surface area contributed by atoms with E-state index in [4.69, 9.17) is 5.73 Å². The summed E-state index contributed by atoms with van der Waals surface area (Å²) in [7, 11) is 3.33. The second-order valence-electron chi connectivity index (χ2n) is 10.3. The summed E-state index contributed by atoms with van der Waals surface area (Å²) in [5, 5.41) is 14.6. The van der Waals surface area contributed by atoms with Crippen molar-refractivity contribution >= 4 is 61.7 Å². The Kier molecular flexibility index (Phi) is 7.01. The molecule has 0 spiro atoms. The van der Waals surface area contributed by atoms with Crippen molar-refractivity contribution < 1.29 is 14.4 Å². The van der Waals surface area contributed by atoms with Gasteiger partial charge in [0.2, 0.25) is 11.6 Å². The van der Waals surface area contributed by atoms with Gasteiger partial charge in [0.15, 0.2) is 11.6 Å². The first-order valence-electron chi connectivity index (χ1n) is 13.7. The number of benzene rings is 4. The average Bonchev–Trinajstić information content (AvgIpc) is 3.54. The molecule has 0 saturated carbocycles. The van der Waals surface area contributed by atoms with Gasteiger partial charge in [-0.1, -0.05) is 48.5 Å². The van der Waals surface area contributed by atoms with Crippen molar-refractivity contribution in [2.45, 2.75) is 12.8 Å². The molecule has 0 aliphatic rings. The van der Waals surface area contributed by atoms with Crippen LogP contribution in [0.1, 0.15) is 44.4 Å². The number of imidazole rings is 2. The van der Waals surface area contributed by atoms with E-state index in [0.717, 1.165) is 45.2 Å². The normalized spacial score (nSPS) is 11.4. The fourth-order valence-electron chi connectivity index (χ4n) is 5.31. The lowest BCUT2D eigenvalue weighted by Crippen LogP contribution is -2.27. The third kappa shape index (κ3) is 4.90. The molecule has 2 aromatic heterocycles. The van der Waals surface area contributed by atoms with E-state index in [1.807, 2.05) is 24.3 Å². The zero-order valence-corrected chi connectivity index (χ0v) is 23.3. The Labute approximate surface area is 241 Å². The molecular weight excluding hydrogens is 532 g/mol. The van der Waals surface area contributed by atoms with Crippen molar-refractivity contribution in [2.75, 3.05) is 23.7 Å². The van der Waals surface area contributed by atoms with E-state index in [9.17, 15) is 14.4 Å². The van der Waals surface area contributed by atoms with Crippen LogP contribution in [0.3, 0.4) is 0 Å². The summed E-state index contributed by atoms with van der Waals surface area (Å²) < 4.78 is 3.05. The largest absolute Gasteiger partial charge is 0.349 e. The molecule has 0 fully saturated rings. The van der Waals surface area contributed by atoms with Gasteiger partial charge in [-0.3, -0.25) is 14.4 Å². The standard InChI is InChI=1S/C31H30N8O3/c1-38-17-24(34-27(38)30(41)33-15-4-3-14-32)37-31(42)28-35-23(16-39(28)2)36-29(40)22-13-11-20-9-8-18-6-5-7-19-10-12-21(22)26(20)25(18)19/h5-13,16-17H,3-4,14-15,32H2,1-2H3,(H,33,41)(H,36,40)(H,37,42). The minimum absolute atomic E-state index is 0.0686. The zero-order chi connectivity index (χ0) is 29.4. The Morgan fingerprint density at radius 3 is 1.95 bits per heavy atom. The van der Waals surface area contributed by atoms with Gasteiger partial charge in [-0.05, 0) is 57.8 Å². The third-order valence-corrected chi connectivity index (χ3v) is 7.33. The van der Waals surface area contributed by atoms with Gasteiger partial charge >= 0.3 is 0 Å². The van der Waals surface area contributed by atoms with E-state index in [-0.39, 0.29) is 35.1 Å². The number of rotatable bonds is 9. The van der Waals surface area contributed by atoms with Crippen molar-refractivity contribution in [3.63, 3.8) is 0 Å². The first-order chi connectivity index (χ1) is 20.3. The van der Waals surface area contributed by atoms with Crippen LogP contribution in [-0.2, 0) is 14.1 Å². The van der Waals surface area contributed by atoms with Gasteiger partial charge in [0.25, 0.3) is 17.7 Å². The van der Waals surface area contributed by atoms with Crippen LogP contribution in [-0.4, -0.2) is 49.9 Å². The highest BCUT2D eigenvalue weighted by molar-refractivity contribution is 6.27. The average molecular weight is 563 g/mol. The molecule has 0 bridgehead atoms. The number of aromatic nitrogens is 4. The molecule has 212 valence electrons. The summed E-state index contributed by atoms with van der Waals surface area (Å²) in [5.74, 6) is -0.533. The lowest BCUT2D eigenvalue weighted by molar-refractivity contribution is 0.0937. The molecule has 0 unspecified atom stereocenters. The molecule has 3 amide bonds. The van der Waals surface area contributed by atoms with Gasteiger partial charge in [-0.15, -0.1) is 0 Å². The highest BCUT2D eigenvalue weighted by Gasteiger charge is 2.21. The molecule has 42 heavy (non-hydrogen) atoms. The van der Waals surface area contributed by atoms with Crippen molar-refractivity contribution in [2.24, 2.45) is 19.8 Å². The van der Waals surface area contributed by atoms with Crippen molar-refractivity contribution in [1.82, 2.24) is 24.4 Å². The summed E-state index contributed by atoms with van der Waals surface area (Å²) in [6, 6.07) is 18.1. The highest BCUT2D eigenvalue weighted by atomic mass is 16.2. The summed E-state index contributed by atoms with van der Waals surface area (Å²) in [4.78, 5) is 47.5. The Balaban J connectivity index is 1.19. The summed E-state index contributed by atoms with van der Waals surface area (Å²) in [6.45, 7) is 1.05. The van der Waals surface area contributed by atoms with Crippen molar-refractivity contribution in [3.05, 3.63) is 84.2 Å². The van der Waals surface area contributed by atoms with E-state index in [2.05, 4.69) is 50.2 Å². The van der Waals surface area contributed by atoms with Crippen LogP contribution >= 0.6 is 0 Å². The first kappa shape index (κ1) is 26.9. The van der Waals surface area contributed by atoms with E-state index in [0.29, 0.717) is 18.7 Å². The lowest BCUT2D eigenvalue weighted by Gasteiger charge is -2.13. The predicted molar refractivity (Wildman–Crippen MR) is 163 cm³/mol. The minimum atomic E-state index is -0.534. The van der Waals surface area contributed by atoms with Crippen LogP contribution < -0.4 is 21.7 Å². The van der Waals surface area contributed by atoms with E-state index in [1.165, 1.54) is 9.13 Å². The molecule has 0 aliphatic carbocycles. The number of nitrogens with zero attached hydrogens (tertiary/aromatic N) is 4. The van der Waals surface area contributed by atoms with E-state index in [1.54, 1.807) is 32.6 Å². The Morgan fingerprint density at radius 1 is 0.714 bits per heavy atom. The van der Waals surface area contributed by atoms with Gasteiger partial charge in [-0.2, -0.15) is 0 Å².